The highest BCUT2D eigenvalue weighted by atomic mass is 35.5. The Morgan fingerprint density at radius 3 is 2.25 bits per heavy atom. The molecule has 0 heterocycles. The molecule has 0 bridgehead atoms. The summed E-state index contributed by atoms with van der Waals surface area (Å²) in [6.07, 6.45) is -0.221. The molecule has 126 valence electrons. The predicted octanol–water partition coefficient (Wildman–Crippen LogP) is 3.86. The molecule has 0 saturated carbocycles. The lowest BCUT2D eigenvalue weighted by atomic mass is 9.93. The van der Waals surface area contributed by atoms with Gasteiger partial charge in [-0.3, -0.25) is 9.59 Å². The highest BCUT2D eigenvalue weighted by molar-refractivity contribution is 6.30. The molecule has 2 aromatic rings. The maximum absolute atomic E-state index is 14.5. The second-order valence-corrected chi connectivity index (χ2v) is 5.60. The summed E-state index contributed by atoms with van der Waals surface area (Å²) < 4.78 is 24.8. The summed E-state index contributed by atoms with van der Waals surface area (Å²) in [5, 5.41) is 0.472. The first-order chi connectivity index (χ1) is 11.4. The van der Waals surface area contributed by atoms with E-state index in [1.807, 2.05) is 0 Å². The number of carbonyl (C=O) groups is 2. The Kier molecular flexibility index (Phi) is 5.57. The third-order valence-corrected chi connectivity index (χ3v) is 3.73. The zero-order valence-electron chi connectivity index (χ0n) is 13.5. The predicted molar refractivity (Wildman–Crippen MR) is 88.8 cm³/mol. The van der Waals surface area contributed by atoms with Crippen LogP contribution in [0.2, 0.25) is 5.02 Å². The summed E-state index contributed by atoms with van der Waals surface area (Å²) >= 11 is 5.83. The van der Waals surface area contributed by atoms with Gasteiger partial charge in [0.25, 0.3) is 0 Å². The van der Waals surface area contributed by atoms with E-state index in [1.54, 1.807) is 12.1 Å². The third-order valence-electron chi connectivity index (χ3n) is 3.48. The number of Topliss-reactive ketones (excluding diaryl/α,β-unsaturated/α-hetero) is 1. The maximum atomic E-state index is 14.5. The largest absolute Gasteiger partial charge is 0.493 e. The summed E-state index contributed by atoms with van der Waals surface area (Å²) in [6.45, 7) is 1.33. The van der Waals surface area contributed by atoms with Crippen LogP contribution in [0.3, 0.4) is 0 Å². The Morgan fingerprint density at radius 1 is 1.12 bits per heavy atom. The molecule has 0 aliphatic heterocycles. The van der Waals surface area contributed by atoms with Crippen molar-refractivity contribution in [3.8, 4) is 11.5 Å². The Morgan fingerprint density at radius 2 is 1.75 bits per heavy atom. The van der Waals surface area contributed by atoms with Crippen molar-refractivity contribution in [1.29, 1.82) is 0 Å². The van der Waals surface area contributed by atoms with Gasteiger partial charge >= 0.3 is 0 Å². The third kappa shape index (κ3) is 3.57. The number of ether oxygens (including phenoxy) is 2. The monoisotopic (exact) mass is 350 g/mol. The van der Waals surface area contributed by atoms with Crippen LogP contribution in [0.15, 0.2) is 30.3 Å². The number of hydrogen-bond donors (Lipinski definition) is 0. The van der Waals surface area contributed by atoms with Crippen LogP contribution in [0.25, 0.3) is 0 Å². The van der Waals surface area contributed by atoms with Crippen molar-refractivity contribution in [3.63, 3.8) is 0 Å². The van der Waals surface area contributed by atoms with E-state index in [1.165, 1.54) is 33.3 Å². The van der Waals surface area contributed by atoms with Gasteiger partial charge in [0.1, 0.15) is 11.6 Å². The lowest BCUT2D eigenvalue weighted by molar-refractivity contribution is -0.116. The molecule has 0 N–H and O–H groups in total. The van der Waals surface area contributed by atoms with E-state index in [-0.39, 0.29) is 34.8 Å². The highest BCUT2D eigenvalue weighted by Gasteiger charge is 2.26. The van der Waals surface area contributed by atoms with Crippen molar-refractivity contribution in [2.24, 2.45) is 0 Å². The molecule has 2 rings (SSSR count). The highest BCUT2D eigenvalue weighted by Crippen LogP contribution is 2.37. The van der Waals surface area contributed by atoms with Crippen molar-refractivity contribution in [2.75, 3.05) is 14.2 Å². The van der Waals surface area contributed by atoms with Crippen molar-refractivity contribution in [1.82, 2.24) is 0 Å². The zero-order chi connectivity index (χ0) is 17.9. The van der Waals surface area contributed by atoms with Gasteiger partial charge in [-0.2, -0.15) is 0 Å². The molecule has 2 aromatic carbocycles. The number of benzene rings is 2. The van der Waals surface area contributed by atoms with Gasteiger partial charge in [-0.15, -0.1) is 0 Å². The number of methoxy groups -OCH3 is 2. The number of carbonyl (C=O) groups excluding carboxylic acids is 2. The topological polar surface area (TPSA) is 52.6 Å². The van der Waals surface area contributed by atoms with Crippen molar-refractivity contribution in [3.05, 3.63) is 57.9 Å². The molecule has 24 heavy (non-hydrogen) atoms. The van der Waals surface area contributed by atoms with E-state index < -0.39 is 11.6 Å². The van der Waals surface area contributed by atoms with E-state index in [9.17, 15) is 14.0 Å². The summed E-state index contributed by atoms with van der Waals surface area (Å²) in [6, 6.07) is 7.28. The number of ketones is 2. The summed E-state index contributed by atoms with van der Waals surface area (Å²) in [5.74, 6) is -1.27. The molecule has 6 heteroatoms. The number of halogens is 2. The first-order valence-corrected chi connectivity index (χ1v) is 7.49. The smallest absolute Gasteiger partial charge is 0.197 e. The van der Waals surface area contributed by atoms with Crippen LogP contribution in [0.4, 0.5) is 4.39 Å². The Labute approximate surface area is 144 Å². The van der Waals surface area contributed by atoms with Crippen LogP contribution in [0, 0.1) is 5.82 Å². The van der Waals surface area contributed by atoms with Crippen LogP contribution in [0.5, 0.6) is 11.5 Å². The lowest BCUT2D eigenvalue weighted by Gasteiger charge is -2.17. The average Bonchev–Trinajstić information content (AvgIpc) is 2.55. The van der Waals surface area contributed by atoms with Gasteiger partial charge < -0.3 is 9.47 Å². The first kappa shape index (κ1) is 17.9. The van der Waals surface area contributed by atoms with E-state index >= 15 is 0 Å². The van der Waals surface area contributed by atoms with Gasteiger partial charge in [0.2, 0.25) is 0 Å². The molecule has 0 amide bonds. The van der Waals surface area contributed by atoms with E-state index in [2.05, 4.69) is 0 Å². The van der Waals surface area contributed by atoms with E-state index in [0.29, 0.717) is 10.6 Å². The van der Waals surface area contributed by atoms with Gasteiger partial charge in [0.05, 0.1) is 19.8 Å². The van der Waals surface area contributed by atoms with Gasteiger partial charge in [0.15, 0.2) is 17.3 Å². The fourth-order valence-electron chi connectivity index (χ4n) is 2.41. The van der Waals surface area contributed by atoms with Gasteiger partial charge in [-0.1, -0.05) is 11.6 Å². The summed E-state index contributed by atoms with van der Waals surface area (Å²) in [4.78, 5) is 24.4. The van der Waals surface area contributed by atoms with Crippen LogP contribution in [-0.4, -0.2) is 25.8 Å². The van der Waals surface area contributed by atoms with Gasteiger partial charge in [-0.25, -0.2) is 4.39 Å². The fraction of sp³-hybridized carbons (Fsp3) is 0.222. The minimum atomic E-state index is -0.694. The molecular weight excluding hydrogens is 335 g/mol. The minimum Gasteiger partial charge on any atom is -0.493 e. The van der Waals surface area contributed by atoms with Crippen LogP contribution >= 0.6 is 11.6 Å². The molecule has 0 aliphatic carbocycles. The van der Waals surface area contributed by atoms with Crippen molar-refractivity contribution in [2.45, 2.75) is 13.3 Å². The molecule has 0 spiro atoms. The molecule has 4 nitrogen and oxygen atoms in total. The molecular formula is C18H16ClFO4. The molecule has 0 atom stereocenters. The fourth-order valence-corrected chi connectivity index (χ4v) is 2.54. The Balaban J connectivity index is 2.71. The van der Waals surface area contributed by atoms with Crippen molar-refractivity contribution < 1.29 is 23.5 Å². The average molecular weight is 351 g/mol. The number of rotatable bonds is 6. The number of hydrogen-bond acceptors (Lipinski definition) is 4. The maximum Gasteiger partial charge on any atom is 0.197 e. The minimum absolute atomic E-state index is 0.0138. The molecule has 0 fully saturated rings. The van der Waals surface area contributed by atoms with Crippen LogP contribution in [0.1, 0.15) is 28.4 Å². The second-order valence-electron chi connectivity index (χ2n) is 5.16. The lowest BCUT2D eigenvalue weighted by Crippen LogP contribution is -2.13. The molecule has 0 aliphatic rings. The first-order valence-electron chi connectivity index (χ1n) is 7.12. The van der Waals surface area contributed by atoms with E-state index in [0.717, 1.165) is 6.07 Å². The van der Waals surface area contributed by atoms with E-state index in [4.69, 9.17) is 21.1 Å². The zero-order valence-corrected chi connectivity index (χ0v) is 14.2. The quantitative estimate of drug-likeness (QED) is 0.742. The van der Waals surface area contributed by atoms with Gasteiger partial charge in [-0.05, 0) is 31.2 Å². The summed E-state index contributed by atoms with van der Waals surface area (Å²) in [7, 11) is 2.70. The van der Waals surface area contributed by atoms with Crippen LogP contribution < -0.4 is 9.47 Å². The second kappa shape index (κ2) is 7.45. The Hall–Kier alpha value is -2.40. The molecule has 0 unspecified atom stereocenters. The molecule has 0 aromatic heterocycles. The van der Waals surface area contributed by atoms with Gasteiger partial charge in [0, 0.05) is 28.6 Å². The SMILES string of the molecule is COc1cc(F)c(CC(C)=O)c(C(=O)c2ccc(Cl)cc2)c1OC. The van der Waals surface area contributed by atoms with Crippen molar-refractivity contribution >= 4 is 23.2 Å². The van der Waals surface area contributed by atoms with Crippen LogP contribution in [-0.2, 0) is 11.2 Å². The summed E-state index contributed by atoms with van der Waals surface area (Å²) in [5.41, 5.74) is 0.266. The normalized spacial score (nSPS) is 10.4. The molecule has 0 radical (unpaired) electrons. The standard InChI is InChI=1S/C18H16ClFO4/c1-10(21)8-13-14(20)9-15(23-2)18(24-3)16(13)17(22)11-4-6-12(19)7-5-11/h4-7,9H,8H2,1-3H3. The molecule has 0 saturated heterocycles. The Bertz CT molecular complexity index is 785.